The van der Waals surface area contributed by atoms with Gasteiger partial charge in [-0.1, -0.05) is 12.1 Å². The van der Waals surface area contributed by atoms with E-state index in [1.165, 1.54) is 7.05 Å². The van der Waals surface area contributed by atoms with Crippen LogP contribution in [0.2, 0.25) is 0 Å². The molecule has 0 fully saturated rings. The predicted molar refractivity (Wildman–Crippen MR) is 70.7 cm³/mol. The molecule has 5 nitrogen and oxygen atoms in total. The molecular weight excluding hydrogens is 252 g/mol. The molecule has 0 spiro atoms. The minimum Gasteiger partial charge on any atom is -0.392 e. The van der Waals surface area contributed by atoms with E-state index in [9.17, 15) is 13.5 Å². The molecule has 1 rings (SSSR count). The van der Waals surface area contributed by atoms with Crippen molar-refractivity contribution in [3.63, 3.8) is 0 Å². The Balaban J connectivity index is 2.91. The van der Waals surface area contributed by atoms with E-state index in [4.69, 9.17) is 0 Å². The zero-order chi connectivity index (χ0) is 13.8. The zero-order valence-corrected chi connectivity index (χ0v) is 11.7. The largest absolute Gasteiger partial charge is 0.392 e. The van der Waals surface area contributed by atoms with Crippen LogP contribution in [-0.4, -0.2) is 44.6 Å². The molecule has 6 heteroatoms. The molecule has 18 heavy (non-hydrogen) atoms. The van der Waals surface area contributed by atoms with E-state index in [0.717, 1.165) is 9.87 Å². The summed E-state index contributed by atoms with van der Waals surface area (Å²) in [4.78, 5) is 0.241. The van der Waals surface area contributed by atoms with Crippen LogP contribution in [0.25, 0.3) is 0 Å². The SMILES string of the molecule is CNCc1ccc(S(=O)(=O)N(C)CC(C)O)cc1. The first-order valence-electron chi connectivity index (χ1n) is 5.76. The van der Waals surface area contributed by atoms with Crippen LogP contribution in [0.1, 0.15) is 12.5 Å². The highest BCUT2D eigenvalue weighted by atomic mass is 32.2. The van der Waals surface area contributed by atoms with Gasteiger partial charge in [0.25, 0.3) is 0 Å². The molecule has 1 unspecified atom stereocenters. The molecule has 0 bridgehead atoms. The number of rotatable bonds is 6. The monoisotopic (exact) mass is 272 g/mol. The molecule has 0 saturated heterocycles. The molecule has 0 saturated carbocycles. The van der Waals surface area contributed by atoms with Crippen LogP contribution in [0.5, 0.6) is 0 Å². The third-order valence-corrected chi connectivity index (χ3v) is 4.37. The Kier molecular flexibility index (Phi) is 5.28. The van der Waals surface area contributed by atoms with E-state index in [-0.39, 0.29) is 11.4 Å². The van der Waals surface area contributed by atoms with Crippen molar-refractivity contribution in [1.29, 1.82) is 0 Å². The lowest BCUT2D eigenvalue weighted by atomic mass is 10.2. The maximum absolute atomic E-state index is 12.1. The van der Waals surface area contributed by atoms with Gasteiger partial charge in [0.15, 0.2) is 0 Å². The highest BCUT2D eigenvalue weighted by molar-refractivity contribution is 7.89. The minimum absolute atomic E-state index is 0.0839. The Hall–Kier alpha value is -0.950. The lowest BCUT2D eigenvalue weighted by molar-refractivity contribution is 0.171. The molecule has 0 aliphatic heterocycles. The summed E-state index contributed by atoms with van der Waals surface area (Å²) in [5.74, 6) is 0. The summed E-state index contributed by atoms with van der Waals surface area (Å²) in [6, 6.07) is 6.72. The first-order chi connectivity index (χ1) is 8.37. The lowest BCUT2D eigenvalue weighted by Gasteiger charge is -2.18. The fraction of sp³-hybridized carbons (Fsp3) is 0.500. The van der Waals surface area contributed by atoms with Crippen LogP contribution in [-0.2, 0) is 16.6 Å². The molecule has 0 heterocycles. The van der Waals surface area contributed by atoms with Gasteiger partial charge >= 0.3 is 0 Å². The molecule has 1 aromatic rings. The fourth-order valence-corrected chi connectivity index (χ4v) is 2.89. The van der Waals surface area contributed by atoms with E-state index < -0.39 is 16.1 Å². The number of hydrogen-bond acceptors (Lipinski definition) is 4. The first-order valence-corrected chi connectivity index (χ1v) is 7.20. The van der Waals surface area contributed by atoms with Crippen molar-refractivity contribution in [1.82, 2.24) is 9.62 Å². The normalized spacial score (nSPS) is 13.8. The second kappa shape index (κ2) is 6.29. The van der Waals surface area contributed by atoms with Crippen molar-refractivity contribution in [2.45, 2.75) is 24.5 Å². The van der Waals surface area contributed by atoms with Crippen molar-refractivity contribution in [3.05, 3.63) is 29.8 Å². The summed E-state index contributed by atoms with van der Waals surface area (Å²) in [5.41, 5.74) is 1.02. The van der Waals surface area contributed by atoms with Crippen molar-refractivity contribution < 1.29 is 13.5 Å². The minimum atomic E-state index is -3.51. The number of nitrogens with zero attached hydrogens (tertiary/aromatic N) is 1. The van der Waals surface area contributed by atoms with Crippen LogP contribution >= 0.6 is 0 Å². The number of likely N-dealkylation sites (N-methyl/N-ethyl adjacent to an activating group) is 1. The summed E-state index contributed by atoms with van der Waals surface area (Å²) in [6.07, 6.45) is -0.687. The average molecular weight is 272 g/mol. The van der Waals surface area contributed by atoms with Crippen LogP contribution in [0.15, 0.2) is 29.2 Å². The van der Waals surface area contributed by atoms with Crippen LogP contribution in [0.3, 0.4) is 0 Å². The van der Waals surface area contributed by atoms with Crippen molar-refractivity contribution >= 4 is 10.0 Å². The molecule has 102 valence electrons. The van der Waals surface area contributed by atoms with Crippen molar-refractivity contribution in [2.75, 3.05) is 20.6 Å². The summed E-state index contributed by atoms with van der Waals surface area (Å²) in [7, 11) is -0.217. The molecule has 0 aliphatic carbocycles. The predicted octanol–water partition coefficient (Wildman–Crippen LogP) is 0.407. The third-order valence-electron chi connectivity index (χ3n) is 2.53. The van der Waals surface area contributed by atoms with E-state index in [1.807, 2.05) is 7.05 Å². The highest BCUT2D eigenvalue weighted by Crippen LogP contribution is 2.15. The summed E-state index contributed by atoms with van der Waals surface area (Å²) >= 11 is 0. The van der Waals surface area contributed by atoms with Gasteiger partial charge in [-0.05, 0) is 31.7 Å². The number of aliphatic hydroxyl groups excluding tert-OH is 1. The molecule has 0 aliphatic rings. The van der Waals surface area contributed by atoms with Crippen LogP contribution in [0.4, 0.5) is 0 Å². The molecule has 0 radical (unpaired) electrons. The van der Waals surface area contributed by atoms with Gasteiger partial charge in [0.05, 0.1) is 11.0 Å². The maximum Gasteiger partial charge on any atom is 0.242 e. The van der Waals surface area contributed by atoms with E-state index >= 15 is 0 Å². The van der Waals surface area contributed by atoms with Gasteiger partial charge in [0.2, 0.25) is 10.0 Å². The topological polar surface area (TPSA) is 69.6 Å². The second-order valence-corrected chi connectivity index (χ2v) is 6.35. The van der Waals surface area contributed by atoms with Crippen LogP contribution < -0.4 is 5.32 Å². The molecule has 1 atom stereocenters. The summed E-state index contributed by atoms with van der Waals surface area (Å²) in [6.45, 7) is 2.34. The van der Waals surface area contributed by atoms with E-state index in [2.05, 4.69) is 5.32 Å². The van der Waals surface area contributed by atoms with Gasteiger partial charge < -0.3 is 10.4 Å². The van der Waals surface area contributed by atoms with Gasteiger partial charge in [-0.15, -0.1) is 0 Å². The quantitative estimate of drug-likeness (QED) is 0.787. The smallest absolute Gasteiger partial charge is 0.242 e. The molecule has 0 aromatic heterocycles. The standard InChI is InChI=1S/C12H20N2O3S/c1-10(15)9-14(3)18(16,17)12-6-4-11(5-7-12)8-13-2/h4-7,10,13,15H,8-9H2,1-3H3. The Labute approximate surface area is 108 Å². The lowest BCUT2D eigenvalue weighted by Crippen LogP contribution is -2.33. The van der Waals surface area contributed by atoms with E-state index in [0.29, 0.717) is 6.54 Å². The Bertz CT molecular complexity index is 469. The van der Waals surface area contributed by atoms with Crippen LogP contribution in [0, 0.1) is 0 Å². The maximum atomic E-state index is 12.1. The highest BCUT2D eigenvalue weighted by Gasteiger charge is 2.21. The molecule has 1 aromatic carbocycles. The Morgan fingerprint density at radius 3 is 2.33 bits per heavy atom. The van der Waals surface area contributed by atoms with Gasteiger partial charge in [-0.25, -0.2) is 8.42 Å². The average Bonchev–Trinajstić information content (AvgIpc) is 2.29. The number of nitrogens with one attached hydrogen (secondary N) is 1. The molecule has 0 amide bonds. The van der Waals surface area contributed by atoms with Gasteiger partial charge in [-0.2, -0.15) is 4.31 Å². The third kappa shape index (κ3) is 3.78. The number of aliphatic hydroxyl groups is 1. The summed E-state index contributed by atoms with van der Waals surface area (Å²) < 4.78 is 25.4. The first kappa shape index (κ1) is 15.1. The van der Waals surface area contributed by atoms with Crippen molar-refractivity contribution in [2.24, 2.45) is 0 Å². The molecule has 2 N–H and O–H groups in total. The Morgan fingerprint density at radius 2 is 1.89 bits per heavy atom. The van der Waals surface area contributed by atoms with E-state index in [1.54, 1.807) is 31.2 Å². The molecular formula is C12H20N2O3S. The number of benzene rings is 1. The Morgan fingerprint density at radius 1 is 1.33 bits per heavy atom. The summed E-state index contributed by atoms with van der Waals surface area (Å²) in [5, 5.41) is 12.2. The van der Waals surface area contributed by atoms with Gasteiger partial charge in [0.1, 0.15) is 0 Å². The van der Waals surface area contributed by atoms with Gasteiger partial charge in [-0.3, -0.25) is 0 Å². The zero-order valence-electron chi connectivity index (χ0n) is 10.9. The fourth-order valence-electron chi connectivity index (χ4n) is 1.63. The number of hydrogen-bond donors (Lipinski definition) is 2. The van der Waals surface area contributed by atoms with Crippen molar-refractivity contribution in [3.8, 4) is 0 Å². The second-order valence-electron chi connectivity index (χ2n) is 4.31. The number of sulfonamides is 1. The van der Waals surface area contributed by atoms with Gasteiger partial charge in [0, 0.05) is 20.1 Å².